The maximum absolute atomic E-state index is 11.4. The molecule has 2 rings (SSSR count). The number of carbonyl (C=O) groups excluding carboxylic acids is 1. The van der Waals surface area contributed by atoms with Crippen LogP contribution in [0, 0.1) is 0 Å². The molecule has 1 aliphatic carbocycles. The van der Waals surface area contributed by atoms with Gasteiger partial charge in [-0.3, -0.25) is 9.79 Å². The number of hydrogen-bond donors (Lipinski definition) is 1. The van der Waals surface area contributed by atoms with Gasteiger partial charge in [-0.1, -0.05) is 55.8 Å². The van der Waals surface area contributed by atoms with E-state index < -0.39 is 0 Å². The van der Waals surface area contributed by atoms with Crippen molar-refractivity contribution in [1.82, 2.24) is 5.32 Å². The molecule has 0 unspecified atom stereocenters. The Balaban J connectivity index is 2.22. The zero-order chi connectivity index (χ0) is 18.1. The van der Waals surface area contributed by atoms with Crippen LogP contribution in [0.3, 0.4) is 0 Å². The number of carbonyl (C=O) groups is 1. The van der Waals surface area contributed by atoms with Gasteiger partial charge in [0.05, 0.1) is 17.6 Å². The average molecular weight is 336 g/mol. The molecule has 0 aromatic heterocycles. The molecule has 0 radical (unpaired) electrons. The first-order valence-electron chi connectivity index (χ1n) is 9.08. The Morgan fingerprint density at radius 2 is 1.96 bits per heavy atom. The van der Waals surface area contributed by atoms with Crippen molar-refractivity contribution in [2.45, 2.75) is 46.5 Å². The molecule has 0 heterocycles. The van der Waals surface area contributed by atoms with Crippen LogP contribution < -0.4 is 5.32 Å². The van der Waals surface area contributed by atoms with E-state index in [4.69, 9.17) is 0 Å². The van der Waals surface area contributed by atoms with Crippen LogP contribution in [0.25, 0.3) is 11.3 Å². The number of ketones is 1. The zero-order valence-corrected chi connectivity index (χ0v) is 15.5. The highest BCUT2D eigenvalue weighted by atomic mass is 16.1. The summed E-state index contributed by atoms with van der Waals surface area (Å²) >= 11 is 0. The van der Waals surface area contributed by atoms with Gasteiger partial charge in [-0.05, 0) is 42.9 Å². The van der Waals surface area contributed by atoms with Gasteiger partial charge < -0.3 is 5.32 Å². The molecule has 0 amide bonds. The van der Waals surface area contributed by atoms with Crippen LogP contribution in [0.15, 0.2) is 53.7 Å². The second kappa shape index (κ2) is 9.77. The van der Waals surface area contributed by atoms with Crippen LogP contribution >= 0.6 is 0 Å². The van der Waals surface area contributed by atoms with Crippen molar-refractivity contribution in [3.8, 4) is 0 Å². The normalized spacial score (nSPS) is 15.1. The summed E-state index contributed by atoms with van der Waals surface area (Å²) in [6, 6.07) is 8.52. The second-order valence-corrected chi connectivity index (χ2v) is 6.31. The Morgan fingerprint density at radius 1 is 1.20 bits per heavy atom. The maximum atomic E-state index is 11.4. The minimum Gasteiger partial charge on any atom is -0.383 e. The topological polar surface area (TPSA) is 41.5 Å². The molecule has 132 valence electrons. The number of benzene rings is 1. The van der Waals surface area contributed by atoms with Crippen LogP contribution in [-0.2, 0) is 4.79 Å². The highest BCUT2D eigenvalue weighted by Gasteiger charge is 2.05. The van der Waals surface area contributed by atoms with Crippen molar-refractivity contribution >= 4 is 22.8 Å². The molecule has 1 aromatic rings. The van der Waals surface area contributed by atoms with Gasteiger partial charge in [-0.25, -0.2) is 0 Å². The summed E-state index contributed by atoms with van der Waals surface area (Å²) in [4.78, 5) is 15.7. The van der Waals surface area contributed by atoms with Gasteiger partial charge in [-0.2, -0.15) is 0 Å². The standard InChI is InChI=1S/C22H28N2O/c1-4-5-15-23-22(16-24-17(2)18(3)25)21-13-11-20(12-14-21)19-9-7-6-8-10-19/h7,9-14,16,23H,4-6,8,15H2,1-3H3/b22-16-,24-17?. The molecule has 0 spiro atoms. The largest absolute Gasteiger partial charge is 0.383 e. The van der Waals surface area contributed by atoms with Crippen LogP contribution in [-0.4, -0.2) is 18.0 Å². The van der Waals surface area contributed by atoms with Crippen molar-refractivity contribution in [1.29, 1.82) is 0 Å². The van der Waals surface area contributed by atoms with Gasteiger partial charge in [0.2, 0.25) is 0 Å². The summed E-state index contributed by atoms with van der Waals surface area (Å²) in [6.45, 7) is 6.35. The second-order valence-electron chi connectivity index (χ2n) is 6.31. The predicted molar refractivity (Wildman–Crippen MR) is 107 cm³/mol. The lowest BCUT2D eigenvalue weighted by Crippen LogP contribution is -2.14. The van der Waals surface area contributed by atoms with Gasteiger partial charge in [0, 0.05) is 13.5 Å². The first kappa shape index (κ1) is 18.9. The van der Waals surface area contributed by atoms with Crippen molar-refractivity contribution in [2.75, 3.05) is 6.54 Å². The molecule has 1 aliphatic rings. The first-order chi connectivity index (χ1) is 12.1. The Bertz CT molecular complexity index is 706. The fraction of sp³-hybridized carbons (Fsp3) is 0.364. The summed E-state index contributed by atoms with van der Waals surface area (Å²) in [5.41, 5.74) is 5.07. The highest BCUT2D eigenvalue weighted by molar-refractivity contribution is 6.38. The Labute approximate surface area is 151 Å². The van der Waals surface area contributed by atoms with Gasteiger partial charge in [0.1, 0.15) is 0 Å². The van der Waals surface area contributed by atoms with Gasteiger partial charge in [-0.15, -0.1) is 0 Å². The summed E-state index contributed by atoms with van der Waals surface area (Å²) in [5.74, 6) is -0.00414. The lowest BCUT2D eigenvalue weighted by molar-refractivity contribution is -0.111. The van der Waals surface area contributed by atoms with Gasteiger partial charge in [0.25, 0.3) is 0 Å². The average Bonchev–Trinajstić information content (AvgIpc) is 2.65. The molecule has 3 nitrogen and oxygen atoms in total. The van der Waals surface area contributed by atoms with Crippen LogP contribution in [0.5, 0.6) is 0 Å². The molecule has 1 aromatic carbocycles. The van der Waals surface area contributed by atoms with Crippen molar-refractivity contribution < 1.29 is 4.79 Å². The Kier molecular flexibility index (Phi) is 7.39. The molecular weight excluding hydrogens is 308 g/mol. The number of allylic oxidation sites excluding steroid dienone is 4. The molecule has 0 saturated heterocycles. The molecule has 0 saturated carbocycles. The van der Waals surface area contributed by atoms with E-state index in [9.17, 15) is 4.79 Å². The number of nitrogens with zero attached hydrogens (tertiary/aromatic N) is 1. The van der Waals surface area contributed by atoms with Gasteiger partial charge >= 0.3 is 0 Å². The van der Waals surface area contributed by atoms with Crippen LogP contribution in [0.2, 0.25) is 0 Å². The lowest BCUT2D eigenvalue weighted by atomic mass is 9.98. The minimum atomic E-state index is -0.00414. The molecule has 0 bridgehead atoms. The summed E-state index contributed by atoms with van der Waals surface area (Å²) in [6.07, 6.45) is 12.9. The van der Waals surface area contributed by atoms with E-state index in [1.807, 2.05) is 0 Å². The number of hydrogen-bond acceptors (Lipinski definition) is 3. The van der Waals surface area contributed by atoms with Crippen molar-refractivity contribution in [3.63, 3.8) is 0 Å². The van der Waals surface area contributed by atoms with E-state index in [1.165, 1.54) is 18.1 Å². The van der Waals surface area contributed by atoms with E-state index in [0.29, 0.717) is 5.71 Å². The first-order valence-corrected chi connectivity index (χ1v) is 9.08. The van der Waals surface area contributed by atoms with E-state index >= 15 is 0 Å². The minimum absolute atomic E-state index is 0.00414. The van der Waals surface area contributed by atoms with E-state index in [0.717, 1.165) is 43.5 Å². The number of unbranched alkanes of at least 4 members (excludes halogenated alkanes) is 1. The summed E-state index contributed by atoms with van der Waals surface area (Å²) in [5, 5.41) is 3.44. The molecule has 0 aliphatic heterocycles. The Morgan fingerprint density at radius 3 is 2.56 bits per heavy atom. The third-order valence-corrected chi connectivity index (χ3v) is 4.27. The van der Waals surface area contributed by atoms with Crippen LogP contribution in [0.1, 0.15) is 57.6 Å². The molecule has 25 heavy (non-hydrogen) atoms. The van der Waals surface area contributed by atoms with Crippen molar-refractivity contribution in [3.05, 3.63) is 59.8 Å². The zero-order valence-electron chi connectivity index (χ0n) is 15.5. The van der Waals surface area contributed by atoms with E-state index in [2.05, 4.69) is 59.7 Å². The Hall–Kier alpha value is -2.42. The molecule has 0 atom stereocenters. The van der Waals surface area contributed by atoms with E-state index in [-0.39, 0.29) is 5.78 Å². The van der Waals surface area contributed by atoms with Gasteiger partial charge in [0.15, 0.2) is 5.78 Å². The maximum Gasteiger partial charge on any atom is 0.173 e. The lowest BCUT2D eigenvalue weighted by Gasteiger charge is -2.12. The monoisotopic (exact) mass is 336 g/mol. The summed E-state index contributed by atoms with van der Waals surface area (Å²) < 4.78 is 0. The molecule has 3 heteroatoms. The predicted octanol–water partition coefficient (Wildman–Crippen LogP) is 5.16. The fourth-order valence-corrected chi connectivity index (χ4v) is 2.54. The number of Topliss-reactive ketones (excluding diaryl/α,β-unsaturated/α-hetero) is 1. The molecule has 0 fully saturated rings. The third kappa shape index (κ3) is 5.86. The van der Waals surface area contributed by atoms with Crippen LogP contribution in [0.4, 0.5) is 0 Å². The van der Waals surface area contributed by atoms with E-state index in [1.54, 1.807) is 13.1 Å². The number of nitrogens with one attached hydrogen (secondary N) is 1. The summed E-state index contributed by atoms with van der Waals surface area (Å²) in [7, 11) is 0. The highest BCUT2D eigenvalue weighted by Crippen LogP contribution is 2.23. The number of aliphatic imine (C=N–C) groups is 1. The fourth-order valence-electron chi connectivity index (χ4n) is 2.54. The quantitative estimate of drug-likeness (QED) is 0.526. The third-order valence-electron chi connectivity index (χ3n) is 4.27. The SMILES string of the molecule is CCCCN/C(=C\N=C(C)C(C)=O)c1ccc(C2=CCCC=C2)cc1. The smallest absolute Gasteiger partial charge is 0.173 e. The van der Waals surface area contributed by atoms with Crippen molar-refractivity contribution in [2.24, 2.45) is 4.99 Å². The number of rotatable bonds is 8. The molecular formula is C22H28N2O. The molecule has 1 N–H and O–H groups in total.